The normalized spacial score (nSPS) is 10.6. The molecule has 3 aromatic rings. The van der Waals surface area contributed by atoms with Crippen molar-refractivity contribution in [1.29, 1.82) is 0 Å². The molecule has 1 heterocycles. The average molecular weight is 393 g/mol. The number of hydrogen-bond acceptors (Lipinski definition) is 5. The Labute approximate surface area is 166 Å². The number of nitrogens with one attached hydrogen (secondary N) is 2. The molecule has 0 aliphatic carbocycles. The summed E-state index contributed by atoms with van der Waals surface area (Å²) in [5.74, 6) is 0.104. The fourth-order valence-electron chi connectivity index (χ4n) is 2.44. The van der Waals surface area contributed by atoms with E-state index in [4.69, 9.17) is 4.74 Å². The second-order valence-corrected chi connectivity index (χ2v) is 6.66. The summed E-state index contributed by atoms with van der Waals surface area (Å²) in [6.45, 7) is 0. The molecule has 142 valence electrons. The number of ether oxygens (including phenoxy) is 1. The maximum absolute atomic E-state index is 12.2. The Hall–Kier alpha value is -3.45. The largest absolute Gasteiger partial charge is 0.495 e. The summed E-state index contributed by atoms with van der Waals surface area (Å²) in [7, 11) is 1.55. The van der Waals surface area contributed by atoms with E-state index in [-0.39, 0.29) is 18.2 Å². The Morgan fingerprint density at radius 2 is 1.82 bits per heavy atom. The summed E-state index contributed by atoms with van der Waals surface area (Å²) in [6, 6.07) is 16.7. The van der Waals surface area contributed by atoms with Crippen molar-refractivity contribution in [2.45, 2.75) is 6.42 Å². The average Bonchev–Trinajstić information content (AvgIpc) is 3.14. The van der Waals surface area contributed by atoms with E-state index in [9.17, 15) is 9.59 Å². The first-order chi connectivity index (χ1) is 13.6. The molecule has 0 aliphatic rings. The van der Waals surface area contributed by atoms with E-state index < -0.39 is 0 Å². The maximum atomic E-state index is 12.2. The van der Waals surface area contributed by atoms with Crippen LogP contribution < -0.4 is 15.4 Å². The van der Waals surface area contributed by atoms with Gasteiger partial charge in [0.1, 0.15) is 5.75 Å². The van der Waals surface area contributed by atoms with Crippen molar-refractivity contribution >= 4 is 40.0 Å². The minimum absolute atomic E-state index is 0.101. The quantitative estimate of drug-likeness (QED) is 0.595. The topological polar surface area (TPSA) is 80.3 Å². The summed E-state index contributed by atoms with van der Waals surface area (Å²) in [6.07, 6.45) is 3.28. The van der Waals surface area contributed by atoms with Crippen molar-refractivity contribution in [1.82, 2.24) is 4.98 Å². The molecular weight excluding hydrogens is 374 g/mol. The van der Waals surface area contributed by atoms with Crippen molar-refractivity contribution in [2.75, 3.05) is 17.7 Å². The van der Waals surface area contributed by atoms with Crippen LogP contribution in [0.2, 0.25) is 0 Å². The van der Waals surface area contributed by atoms with Gasteiger partial charge >= 0.3 is 0 Å². The zero-order chi connectivity index (χ0) is 19.8. The smallest absolute Gasteiger partial charge is 0.250 e. The van der Waals surface area contributed by atoms with Gasteiger partial charge in [-0.05, 0) is 23.8 Å². The van der Waals surface area contributed by atoms with Crippen LogP contribution in [0.1, 0.15) is 11.3 Å². The SMILES string of the molecule is COc1ccccc1NC(=O)Cc1csc(NC(=O)/C=C/c2ccccc2)n1. The number of nitrogens with zero attached hydrogens (tertiary/aromatic N) is 1. The van der Waals surface area contributed by atoms with Gasteiger partial charge < -0.3 is 10.1 Å². The lowest BCUT2D eigenvalue weighted by Crippen LogP contribution is -2.15. The monoisotopic (exact) mass is 393 g/mol. The Kier molecular flexibility index (Phi) is 6.54. The molecule has 6 nitrogen and oxygen atoms in total. The summed E-state index contributed by atoms with van der Waals surface area (Å²) in [4.78, 5) is 28.5. The third-order valence-corrected chi connectivity index (χ3v) is 4.54. The van der Waals surface area contributed by atoms with Gasteiger partial charge in [0.2, 0.25) is 11.8 Å². The molecule has 0 atom stereocenters. The van der Waals surface area contributed by atoms with Gasteiger partial charge in [0.15, 0.2) is 5.13 Å². The Bertz CT molecular complexity index is 983. The number of thiazole rings is 1. The van der Waals surface area contributed by atoms with Crippen molar-refractivity contribution in [3.05, 3.63) is 77.3 Å². The summed E-state index contributed by atoms with van der Waals surface area (Å²) in [5.41, 5.74) is 2.12. The first kappa shape index (κ1) is 19.3. The number of aromatic nitrogens is 1. The molecule has 0 fully saturated rings. The number of benzene rings is 2. The van der Waals surface area contributed by atoms with Gasteiger partial charge in [-0.2, -0.15) is 0 Å². The van der Waals surface area contributed by atoms with E-state index in [1.165, 1.54) is 17.4 Å². The highest BCUT2D eigenvalue weighted by molar-refractivity contribution is 7.14. The molecule has 2 aromatic carbocycles. The van der Waals surface area contributed by atoms with Crippen LogP contribution in [0.25, 0.3) is 6.08 Å². The number of anilines is 2. The lowest BCUT2D eigenvalue weighted by Gasteiger charge is -2.08. The van der Waals surface area contributed by atoms with Crippen LogP contribution in [-0.2, 0) is 16.0 Å². The zero-order valence-electron chi connectivity index (χ0n) is 15.2. The third-order valence-electron chi connectivity index (χ3n) is 3.73. The van der Waals surface area contributed by atoms with Crippen molar-refractivity contribution in [2.24, 2.45) is 0 Å². The molecule has 0 aliphatic heterocycles. The van der Waals surface area contributed by atoms with Gasteiger partial charge in [-0.15, -0.1) is 11.3 Å². The van der Waals surface area contributed by atoms with Crippen molar-refractivity contribution < 1.29 is 14.3 Å². The molecule has 3 rings (SSSR count). The number of carbonyl (C=O) groups excluding carboxylic acids is 2. The molecule has 7 heteroatoms. The third kappa shape index (κ3) is 5.52. The number of hydrogen-bond donors (Lipinski definition) is 2. The second-order valence-electron chi connectivity index (χ2n) is 5.80. The van der Waals surface area contributed by atoms with E-state index in [1.807, 2.05) is 42.5 Å². The molecule has 28 heavy (non-hydrogen) atoms. The first-order valence-corrected chi connectivity index (χ1v) is 9.43. The van der Waals surface area contributed by atoms with E-state index in [0.717, 1.165) is 5.56 Å². The Morgan fingerprint density at radius 3 is 2.61 bits per heavy atom. The van der Waals surface area contributed by atoms with Crippen LogP contribution in [0.4, 0.5) is 10.8 Å². The fraction of sp³-hybridized carbons (Fsp3) is 0.0952. The number of methoxy groups -OCH3 is 1. The number of para-hydroxylation sites is 2. The molecule has 0 radical (unpaired) electrons. The van der Waals surface area contributed by atoms with Crippen LogP contribution in [0.15, 0.2) is 66.1 Å². The van der Waals surface area contributed by atoms with E-state index in [0.29, 0.717) is 22.3 Å². The van der Waals surface area contributed by atoms with E-state index in [1.54, 1.807) is 30.7 Å². The number of amides is 2. The predicted molar refractivity (Wildman–Crippen MR) is 112 cm³/mol. The molecule has 0 saturated heterocycles. The standard InChI is InChI=1S/C21H19N3O3S/c1-27-18-10-6-5-9-17(18)23-20(26)13-16-14-28-21(22-16)24-19(25)12-11-15-7-3-2-4-8-15/h2-12,14H,13H2,1H3,(H,23,26)(H,22,24,25)/b12-11+. The molecule has 2 N–H and O–H groups in total. The highest BCUT2D eigenvalue weighted by Crippen LogP contribution is 2.23. The summed E-state index contributed by atoms with van der Waals surface area (Å²) < 4.78 is 5.22. The Balaban J connectivity index is 1.54. The lowest BCUT2D eigenvalue weighted by molar-refractivity contribution is -0.115. The zero-order valence-corrected chi connectivity index (χ0v) is 16.0. The maximum Gasteiger partial charge on any atom is 0.250 e. The number of rotatable bonds is 7. The fourth-order valence-corrected chi connectivity index (χ4v) is 3.15. The van der Waals surface area contributed by atoms with Crippen molar-refractivity contribution in [3.8, 4) is 5.75 Å². The van der Waals surface area contributed by atoms with Crippen LogP contribution in [0, 0.1) is 0 Å². The van der Waals surface area contributed by atoms with Gasteiger partial charge in [-0.1, -0.05) is 42.5 Å². The first-order valence-electron chi connectivity index (χ1n) is 8.55. The molecule has 2 amide bonds. The van der Waals surface area contributed by atoms with Crippen LogP contribution in [-0.4, -0.2) is 23.9 Å². The van der Waals surface area contributed by atoms with E-state index in [2.05, 4.69) is 15.6 Å². The number of carbonyl (C=O) groups is 2. The molecule has 1 aromatic heterocycles. The van der Waals surface area contributed by atoms with Crippen molar-refractivity contribution in [3.63, 3.8) is 0 Å². The van der Waals surface area contributed by atoms with Gasteiger partial charge in [-0.25, -0.2) is 4.98 Å². The molecule has 0 saturated carbocycles. The second kappa shape index (κ2) is 9.48. The highest BCUT2D eigenvalue weighted by Gasteiger charge is 2.11. The molecule has 0 unspecified atom stereocenters. The van der Waals surface area contributed by atoms with Gasteiger partial charge in [-0.3, -0.25) is 14.9 Å². The van der Waals surface area contributed by atoms with Crippen LogP contribution >= 0.6 is 11.3 Å². The molecular formula is C21H19N3O3S. The van der Waals surface area contributed by atoms with Gasteiger partial charge in [0, 0.05) is 11.5 Å². The summed E-state index contributed by atoms with van der Waals surface area (Å²) in [5, 5.41) is 7.70. The van der Waals surface area contributed by atoms with Crippen LogP contribution in [0.3, 0.4) is 0 Å². The predicted octanol–water partition coefficient (Wildman–Crippen LogP) is 3.98. The molecule has 0 bridgehead atoms. The van der Waals surface area contributed by atoms with Gasteiger partial charge in [0.05, 0.1) is 24.9 Å². The lowest BCUT2D eigenvalue weighted by atomic mass is 10.2. The highest BCUT2D eigenvalue weighted by atomic mass is 32.1. The Morgan fingerprint density at radius 1 is 1.07 bits per heavy atom. The minimum atomic E-state index is -0.275. The van der Waals surface area contributed by atoms with Crippen LogP contribution in [0.5, 0.6) is 5.75 Å². The summed E-state index contributed by atoms with van der Waals surface area (Å²) >= 11 is 1.27. The van der Waals surface area contributed by atoms with E-state index >= 15 is 0 Å². The molecule has 0 spiro atoms. The minimum Gasteiger partial charge on any atom is -0.495 e. The van der Waals surface area contributed by atoms with Gasteiger partial charge in [0.25, 0.3) is 0 Å².